The second-order valence-electron chi connectivity index (χ2n) is 5.11. The van der Waals surface area contributed by atoms with E-state index in [1.165, 1.54) is 12.7 Å². The van der Waals surface area contributed by atoms with Gasteiger partial charge in [-0.15, -0.1) is 12.4 Å². The molecule has 1 aliphatic rings. The Kier molecular flexibility index (Phi) is 7.25. The first-order valence-corrected chi connectivity index (χ1v) is 6.99. The van der Waals surface area contributed by atoms with Crippen molar-refractivity contribution >= 4 is 24.2 Å². The predicted molar refractivity (Wildman–Crippen MR) is 81.5 cm³/mol. The summed E-state index contributed by atoms with van der Waals surface area (Å²) in [5.74, 6) is 0.304. The lowest BCUT2D eigenvalue weighted by Crippen LogP contribution is -2.45. The summed E-state index contributed by atoms with van der Waals surface area (Å²) in [5, 5.41) is 8.75. The molecule has 2 heterocycles. The van der Waals surface area contributed by atoms with E-state index in [1.807, 2.05) is 0 Å². The molecule has 3 N–H and O–H groups in total. The Morgan fingerprint density at radius 3 is 2.95 bits per heavy atom. The smallest absolute Gasteiger partial charge is 0.287 e. The zero-order valence-corrected chi connectivity index (χ0v) is 12.9. The second kappa shape index (κ2) is 8.69. The number of halogens is 1. The Hall–Kier alpha value is -1.53. The molecule has 0 bridgehead atoms. The van der Waals surface area contributed by atoms with E-state index < -0.39 is 6.04 Å². The topological polar surface area (TPSA) is 83.4 Å². The highest BCUT2D eigenvalue weighted by atomic mass is 35.5. The van der Waals surface area contributed by atoms with Gasteiger partial charge in [-0.1, -0.05) is 0 Å². The van der Waals surface area contributed by atoms with Crippen molar-refractivity contribution in [1.29, 1.82) is 0 Å². The van der Waals surface area contributed by atoms with Crippen LogP contribution in [-0.4, -0.2) is 37.5 Å². The Morgan fingerprint density at radius 2 is 2.33 bits per heavy atom. The molecule has 0 radical (unpaired) electrons. The van der Waals surface area contributed by atoms with E-state index in [0.717, 1.165) is 19.5 Å². The lowest BCUT2D eigenvalue weighted by atomic mass is 10.1. The van der Waals surface area contributed by atoms with Crippen molar-refractivity contribution in [3.63, 3.8) is 0 Å². The summed E-state index contributed by atoms with van der Waals surface area (Å²) in [4.78, 5) is 23.6. The van der Waals surface area contributed by atoms with E-state index in [0.29, 0.717) is 12.5 Å². The molecule has 118 valence electrons. The molecule has 6 nitrogen and oxygen atoms in total. The summed E-state index contributed by atoms with van der Waals surface area (Å²) in [5.41, 5.74) is 0. The maximum Gasteiger partial charge on any atom is 0.287 e. The van der Waals surface area contributed by atoms with Crippen molar-refractivity contribution in [2.45, 2.75) is 25.8 Å². The van der Waals surface area contributed by atoms with Gasteiger partial charge in [0.2, 0.25) is 5.91 Å². The van der Waals surface area contributed by atoms with Gasteiger partial charge in [0.1, 0.15) is 6.04 Å². The zero-order valence-electron chi connectivity index (χ0n) is 12.1. The lowest BCUT2D eigenvalue weighted by molar-refractivity contribution is -0.122. The fraction of sp³-hybridized carbons (Fsp3) is 0.571. The fourth-order valence-corrected chi connectivity index (χ4v) is 2.25. The minimum Gasteiger partial charge on any atom is -0.459 e. The Labute approximate surface area is 130 Å². The largest absolute Gasteiger partial charge is 0.459 e. The quantitative estimate of drug-likeness (QED) is 0.729. The van der Waals surface area contributed by atoms with Crippen molar-refractivity contribution in [1.82, 2.24) is 16.0 Å². The molecule has 2 rings (SSSR count). The first kappa shape index (κ1) is 17.5. The van der Waals surface area contributed by atoms with Crippen LogP contribution < -0.4 is 16.0 Å². The lowest BCUT2D eigenvalue weighted by Gasteiger charge is -2.14. The molecule has 2 unspecified atom stereocenters. The summed E-state index contributed by atoms with van der Waals surface area (Å²) < 4.78 is 4.97. The zero-order chi connectivity index (χ0) is 14.4. The van der Waals surface area contributed by atoms with Crippen molar-refractivity contribution in [3.05, 3.63) is 24.2 Å². The molecule has 1 saturated heterocycles. The van der Waals surface area contributed by atoms with Crippen LogP contribution in [0.2, 0.25) is 0 Å². The van der Waals surface area contributed by atoms with Crippen LogP contribution in [0.25, 0.3) is 0 Å². The predicted octanol–water partition coefficient (Wildman–Crippen LogP) is 0.935. The van der Waals surface area contributed by atoms with Gasteiger partial charge in [0.25, 0.3) is 5.91 Å². The summed E-state index contributed by atoms with van der Waals surface area (Å²) in [6.45, 7) is 4.40. The van der Waals surface area contributed by atoms with E-state index in [4.69, 9.17) is 4.42 Å². The normalized spacial score (nSPS) is 18.6. The van der Waals surface area contributed by atoms with Crippen LogP contribution in [0.3, 0.4) is 0 Å². The minimum absolute atomic E-state index is 0. The van der Waals surface area contributed by atoms with Gasteiger partial charge in [-0.05, 0) is 50.9 Å². The molecule has 1 aliphatic heterocycles. The molecule has 21 heavy (non-hydrogen) atoms. The van der Waals surface area contributed by atoms with E-state index in [2.05, 4.69) is 16.0 Å². The molecule has 0 aromatic carbocycles. The van der Waals surface area contributed by atoms with Crippen LogP contribution in [0.15, 0.2) is 22.8 Å². The van der Waals surface area contributed by atoms with Crippen molar-refractivity contribution in [2.75, 3.05) is 19.6 Å². The van der Waals surface area contributed by atoms with Gasteiger partial charge in [-0.2, -0.15) is 0 Å². The molecule has 0 saturated carbocycles. The van der Waals surface area contributed by atoms with Crippen LogP contribution in [0.4, 0.5) is 0 Å². The van der Waals surface area contributed by atoms with Crippen LogP contribution in [-0.2, 0) is 4.79 Å². The van der Waals surface area contributed by atoms with Crippen molar-refractivity contribution < 1.29 is 14.0 Å². The molecule has 0 spiro atoms. The molecular formula is C14H22ClN3O3. The summed E-state index contributed by atoms with van der Waals surface area (Å²) in [6, 6.07) is 2.62. The third-order valence-electron chi connectivity index (χ3n) is 3.50. The SMILES string of the molecule is CC(NC(=O)c1ccco1)C(=O)NCCC1CCNC1.Cl. The number of carbonyl (C=O) groups is 2. The van der Waals surface area contributed by atoms with Gasteiger partial charge in [-0.3, -0.25) is 9.59 Å². The number of carbonyl (C=O) groups excluding carboxylic acids is 2. The van der Waals surface area contributed by atoms with E-state index in [9.17, 15) is 9.59 Å². The molecule has 0 aliphatic carbocycles. The molecule has 1 fully saturated rings. The van der Waals surface area contributed by atoms with Gasteiger partial charge in [0.05, 0.1) is 6.26 Å². The number of hydrogen-bond acceptors (Lipinski definition) is 4. The number of hydrogen-bond donors (Lipinski definition) is 3. The van der Waals surface area contributed by atoms with Gasteiger partial charge in [0.15, 0.2) is 5.76 Å². The van der Waals surface area contributed by atoms with E-state index in [1.54, 1.807) is 19.1 Å². The van der Waals surface area contributed by atoms with Crippen LogP contribution in [0.5, 0.6) is 0 Å². The van der Waals surface area contributed by atoms with Crippen molar-refractivity contribution in [3.8, 4) is 0 Å². The molecular weight excluding hydrogens is 294 g/mol. The van der Waals surface area contributed by atoms with Crippen LogP contribution in [0, 0.1) is 5.92 Å². The third kappa shape index (κ3) is 5.40. The highest BCUT2D eigenvalue weighted by Gasteiger charge is 2.19. The maximum absolute atomic E-state index is 11.8. The highest BCUT2D eigenvalue weighted by Crippen LogP contribution is 2.10. The van der Waals surface area contributed by atoms with Gasteiger partial charge >= 0.3 is 0 Å². The van der Waals surface area contributed by atoms with Crippen molar-refractivity contribution in [2.24, 2.45) is 5.92 Å². The molecule has 7 heteroatoms. The first-order valence-electron chi connectivity index (χ1n) is 6.99. The number of nitrogens with one attached hydrogen (secondary N) is 3. The van der Waals surface area contributed by atoms with Gasteiger partial charge in [0, 0.05) is 6.54 Å². The van der Waals surface area contributed by atoms with Crippen LogP contribution in [0.1, 0.15) is 30.3 Å². The van der Waals surface area contributed by atoms with Gasteiger partial charge in [-0.25, -0.2) is 0 Å². The molecule has 1 aromatic rings. The monoisotopic (exact) mass is 315 g/mol. The summed E-state index contributed by atoms with van der Waals surface area (Å²) in [6.07, 6.45) is 3.56. The van der Waals surface area contributed by atoms with E-state index >= 15 is 0 Å². The minimum atomic E-state index is -0.575. The first-order chi connectivity index (χ1) is 9.66. The Morgan fingerprint density at radius 1 is 1.52 bits per heavy atom. The van der Waals surface area contributed by atoms with E-state index in [-0.39, 0.29) is 30.0 Å². The summed E-state index contributed by atoms with van der Waals surface area (Å²) in [7, 11) is 0. The molecule has 2 amide bonds. The standard InChI is InChI=1S/C14H21N3O3.ClH/c1-10(17-14(19)12-3-2-8-20-12)13(18)16-7-5-11-4-6-15-9-11;/h2-3,8,10-11,15H,4-7,9H2,1H3,(H,16,18)(H,17,19);1H. The third-order valence-corrected chi connectivity index (χ3v) is 3.50. The Balaban J connectivity index is 0.00000220. The number of amides is 2. The summed E-state index contributed by atoms with van der Waals surface area (Å²) >= 11 is 0. The Bertz CT molecular complexity index is 444. The molecule has 1 aromatic heterocycles. The average Bonchev–Trinajstić information content (AvgIpc) is 3.11. The number of rotatable bonds is 6. The average molecular weight is 316 g/mol. The molecule has 2 atom stereocenters. The van der Waals surface area contributed by atoms with Gasteiger partial charge < -0.3 is 20.4 Å². The van der Waals surface area contributed by atoms with Crippen LogP contribution >= 0.6 is 12.4 Å². The second-order valence-corrected chi connectivity index (χ2v) is 5.11. The fourth-order valence-electron chi connectivity index (χ4n) is 2.25. The maximum atomic E-state index is 11.8. The highest BCUT2D eigenvalue weighted by molar-refractivity contribution is 5.95. The number of furan rings is 1.